The Morgan fingerprint density at radius 1 is 1.12 bits per heavy atom. The van der Waals surface area contributed by atoms with Gasteiger partial charge in [-0.25, -0.2) is 0 Å². The Labute approximate surface area is 154 Å². The molecule has 0 spiro atoms. The summed E-state index contributed by atoms with van der Waals surface area (Å²) in [5.74, 6) is 0.0955. The Kier molecular flexibility index (Phi) is 4.29. The number of aromatic nitrogens is 1. The molecule has 2 N–H and O–H groups in total. The summed E-state index contributed by atoms with van der Waals surface area (Å²) < 4.78 is 0. The number of aromatic amines is 1. The van der Waals surface area contributed by atoms with Gasteiger partial charge in [0, 0.05) is 36.6 Å². The molecule has 0 bridgehead atoms. The number of benzene rings is 2. The highest BCUT2D eigenvalue weighted by Crippen LogP contribution is 2.27. The van der Waals surface area contributed by atoms with E-state index in [-0.39, 0.29) is 11.9 Å². The Bertz CT molecular complexity index is 958. The minimum absolute atomic E-state index is 0.0955. The molecule has 0 radical (unpaired) electrons. The van der Waals surface area contributed by atoms with Crippen LogP contribution in [0.15, 0.2) is 42.5 Å². The molecule has 0 aliphatic carbocycles. The number of H-pyrrole nitrogens is 1. The first-order chi connectivity index (χ1) is 12.5. The molecule has 4 nitrogen and oxygen atoms in total. The molecule has 4 heteroatoms. The van der Waals surface area contributed by atoms with Crippen molar-refractivity contribution in [2.45, 2.75) is 26.8 Å². The third-order valence-corrected chi connectivity index (χ3v) is 5.39. The lowest BCUT2D eigenvalue weighted by Crippen LogP contribution is -2.48. The van der Waals surface area contributed by atoms with E-state index in [0.29, 0.717) is 6.54 Å². The molecule has 2 heterocycles. The molecule has 1 unspecified atom stereocenters. The van der Waals surface area contributed by atoms with Crippen LogP contribution < -0.4 is 5.32 Å². The van der Waals surface area contributed by atoms with Gasteiger partial charge in [-0.05, 0) is 43.5 Å². The van der Waals surface area contributed by atoms with Crippen molar-refractivity contribution in [2.24, 2.45) is 0 Å². The van der Waals surface area contributed by atoms with Crippen molar-refractivity contribution in [3.63, 3.8) is 0 Å². The van der Waals surface area contributed by atoms with Gasteiger partial charge >= 0.3 is 0 Å². The van der Waals surface area contributed by atoms with E-state index in [1.807, 2.05) is 30.0 Å². The van der Waals surface area contributed by atoms with Gasteiger partial charge in [-0.1, -0.05) is 42.0 Å². The number of carbonyl (C=O) groups excluding carboxylic acids is 1. The normalized spacial score (nSPS) is 17.7. The van der Waals surface area contributed by atoms with Crippen LogP contribution in [0.5, 0.6) is 0 Å². The topological polar surface area (TPSA) is 48.1 Å². The summed E-state index contributed by atoms with van der Waals surface area (Å²) in [7, 11) is 0. The van der Waals surface area contributed by atoms with Crippen molar-refractivity contribution in [3.8, 4) is 0 Å². The van der Waals surface area contributed by atoms with Crippen LogP contribution in [0.25, 0.3) is 10.9 Å². The van der Waals surface area contributed by atoms with Gasteiger partial charge in [0.15, 0.2) is 0 Å². The van der Waals surface area contributed by atoms with E-state index in [9.17, 15) is 4.79 Å². The fourth-order valence-corrected chi connectivity index (χ4v) is 4.00. The first-order valence-electron chi connectivity index (χ1n) is 9.21. The van der Waals surface area contributed by atoms with Crippen LogP contribution in [0.3, 0.4) is 0 Å². The van der Waals surface area contributed by atoms with Crippen LogP contribution in [-0.2, 0) is 0 Å². The molecular weight excluding hydrogens is 322 g/mol. The lowest BCUT2D eigenvalue weighted by molar-refractivity contribution is 0.0697. The Morgan fingerprint density at radius 3 is 2.65 bits per heavy atom. The van der Waals surface area contributed by atoms with E-state index in [4.69, 9.17) is 0 Å². The maximum Gasteiger partial charge on any atom is 0.270 e. The van der Waals surface area contributed by atoms with Crippen LogP contribution in [-0.4, -0.2) is 35.4 Å². The lowest BCUT2D eigenvalue weighted by atomic mass is 10.0. The summed E-state index contributed by atoms with van der Waals surface area (Å²) in [5.41, 5.74) is 6.48. The summed E-state index contributed by atoms with van der Waals surface area (Å²) in [6.45, 7) is 8.46. The molecule has 1 aliphatic rings. The number of rotatable bonds is 2. The second-order valence-electron chi connectivity index (χ2n) is 7.30. The van der Waals surface area contributed by atoms with Crippen molar-refractivity contribution in [1.29, 1.82) is 0 Å². The van der Waals surface area contributed by atoms with Gasteiger partial charge in [0.2, 0.25) is 0 Å². The van der Waals surface area contributed by atoms with Gasteiger partial charge in [0.25, 0.3) is 5.91 Å². The molecule has 134 valence electrons. The first-order valence-corrected chi connectivity index (χ1v) is 9.21. The average Bonchev–Trinajstić information content (AvgIpc) is 2.99. The number of fused-ring (bicyclic) bond motifs is 1. The molecular formula is C22H25N3O. The van der Waals surface area contributed by atoms with Crippen molar-refractivity contribution < 1.29 is 4.79 Å². The van der Waals surface area contributed by atoms with Crippen LogP contribution in [0.4, 0.5) is 0 Å². The number of hydrogen-bond acceptors (Lipinski definition) is 2. The van der Waals surface area contributed by atoms with Crippen LogP contribution in [0.2, 0.25) is 0 Å². The predicted molar refractivity (Wildman–Crippen MR) is 106 cm³/mol. The molecule has 1 aromatic heterocycles. The zero-order valence-corrected chi connectivity index (χ0v) is 15.6. The molecule has 1 aliphatic heterocycles. The number of nitrogens with zero attached hydrogens (tertiary/aromatic N) is 1. The van der Waals surface area contributed by atoms with Gasteiger partial charge < -0.3 is 15.2 Å². The second kappa shape index (κ2) is 6.61. The largest absolute Gasteiger partial charge is 0.350 e. The molecule has 1 atom stereocenters. The van der Waals surface area contributed by atoms with Crippen molar-refractivity contribution >= 4 is 16.8 Å². The maximum absolute atomic E-state index is 13.2. The highest BCUT2D eigenvalue weighted by atomic mass is 16.2. The maximum atomic E-state index is 13.2. The predicted octanol–water partition coefficient (Wildman–Crippen LogP) is 3.88. The summed E-state index contributed by atoms with van der Waals surface area (Å²) >= 11 is 0. The molecule has 0 saturated carbocycles. The molecule has 1 amide bonds. The molecule has 3 aromatic rings. The summed E-state index contributed by atoms with van der Waals surface area (Å²) in [6.07, 6.45) is 0. The third-order valence-electron chi connectivity index (χ3n) is 5.39. The number of carbonyl (C=O) groups is 1. The lowest BCUT2D eigenvalue weighted by Gasteiger charge is -2.34. The third kappa shape index (κ3) is 2.90. The van der Waals surface area contributed by atoms with Gasteiger partial charge in [0.05, 0.1) is 0 Å². The van der Waals surface area contributed by atoms with Crippen molar-refractivity contribution in [2.75, 3.05) is 19.6 Å². The summed E-state index contributed by atoms with van der Waals surface area (Å²) in [5, 5.41) is 4.68. The standard InChI is InChI=1S/C22H25N3O/c1-14-11-15(2)20-18(12-14)16(3)21(24-20)22(26)25-10-9-23-19(13-25)17-7-5-4-6-8-17/h4-8,11-12,19,23-24H,9-10,13H2,1-3H3. The van der Waals surface area contributed by atoms with Crippen LogP contribution >= 0.6 is 0 Å². The fraction of sp³-hybridized carbons (Fsp3) is 0.318. The van der Waals surface area contributed by atoms with Gasteiger partial charge in [-0.15, -0.1) is 0 Å². The summed E-state index contributed by atoms with van der Waals surface area (Å²) in [6, 6.07) is 14.8. The van der Waals surface area contributed by atoms with E-state index in [1.54, 1.807) is 0 Å². The number of hydrogen-bond donors (Lipinski definition) is 2. The van der Waals surface area contributed by atoms with Gasteiger partial charge in [0.1, 0.15) is 5.69 Å². The highest BCUT2D eigenvalue weighted by molar-refractivity contribution is 6.01. The molecule has 1 saturated heterocycles. The van der Waals surface area contributed by atoms with E-state index in [0.717, 1.165) is 35.2 Å². The first kappa shape index (κ1) is 16.9. The minimum atomic E-state index is 0.0955. The number of aryl methyl sites for hydroxylation is 3. The average molecular weight is 347 g/mol. The second-order valence-corrected chi connectivity index (χ2v) is 7.30. The van der Waals surface area contributed by atoms with Crippen LogP contribution in [0, 0.1) is 20.8 Å². The van der Waals surface area contributed by atoms with E-state index in [2.05, 4.69) is 48.4 Å². The summed E-state index contributed by atoms with van der Waals surface area (Å²) in [4.78, 5) is 18.6. The minimum Gasteiger partial charge on any atom is -0.350 e. The Hall–Kier alpha value is -2.59. The number of piperazine rings is 1. The highest BCUT2D eigenvalue weighted by Gasteiger charge is 2.27. The molecule has 2 aromatic carbocycles. The zero-order chi connectivity index (χ0) is 18.3. The number of nitrogens with one attached hydrogen (secondary N) is 2. The molecule has 4 rings (SSSR count). The SMILES string of the molecule is Cc1cc(C)c2[nH]c(C(=O)N3CCNC(c4ccccc4)C3)c(C)c2c1. The Morgan fingerprint density at radius 2 is 1.88 bits per heavy atom. The quantitative estimate of drug-likeness (QED) is 0.739. The molecule has 1 fully saturated rings. The van der Waals surface area contributed by atoms with Gasteiger partial charge in [-0.2, -0.15) is 0 Å². The zero-order valence-electron chi connectivity index (χ0n) is 15.6. The van der Waals surface area contributed by atoms with Gasteiger partial charge in [-0.3, -0.25) is 4.79 Å². The van der Waals surface area contributed by atoms with E-state index >= 15 is 0 Å². The van der Waals surface area contributed by atoms with E-state index < -0.39 is 0 Å². The Balaban J connectivity index is 1.64. The van der Waals surface area contributed by atoms with Crippen LogP contribution in [0.1, 0.15) is 38.8 Å². The van der Waals surface area contributed by atoms with Crippen molar-refractivity contribution in [1.82, 2.24) is 15.2 Å². The fourth-order valence-electron chi connectivity index (χ4n) is 4.00. The number of amides is 1. The smallest absolute Gasteiger partial charge is 0.270 e. The van der Waals surface area contributed by atoms with Crippen molar-refractivity contribution in [3.05, 3.63) is 70.4 Å². The van der Waals surface area contributed by atoms with E-state index in [1.165, 1.54) is 16.7 Å². The monoisotopic (exact) mass is 347 g/mol. The molecule has 26 heavy (non-hydrogen) atoms.